The minimum Gasteiger partial charge on any atom is -0.460 e. The summed E-state index contributed by atoms with van der Waals surface area (Å²) < 4.78 is 39.9. The molecule has 2 heterocycles. The first kappa shape index (κ1) is 65.2. The van der Waals surface area contributed by atoms with Crippen LogP contribution in [0, 0.1) is 23.7 Å². The second-order valence-corrected chi connectivity index (χ2v) is 22.3. The Morgan fingerprint density at radius 1 is 0.813 bits per heavy atom. The van der Waals surface area contributed by atoms with Gasteiger partial charge < -0.3 is 53.6 Å². The number of amides is 4. The van der Waals surface area contributed by atoms with Crippen LogP contribution in [0.2, 0.25) is 0 Å². The van der Waals surface area contributed by atoms with Crippen LogP contribution in [0.25, 0.3) is 0 Å². The maximum atomic E-state index is 14.7. The Hall–Kier alpha value is -4.08. The SMILES string of the molecule is CC[C@H](C)C([C@@H](CC(=O)N1CCC[C@H]1[C@H](OC)[C@@H](C)C(=O)N[C@@H](Cc1ccccc1)c1nccs1)OC)N(C)C(=O)[C@@H](NC(=O)[C@H](C(C)C)N(C)CCOCCOCCOCCOCCC(=O)OC(C)(C)C)C(C)C. The molecule has 0 bridgehead atoms. The highest BCUT2D eigenvalue weighted by Gasteiger charge is 2.43. The van der Waals surface area contributed by atoms with Gasteiger partial charge in [0.05, 0.1) is 108 Å². The van der Waals surface area contributed by atoms with Gasteiger partial charge in [0.1, 0.15) is 16.7 Å². The standard InChI is InChI=1S/C56H94N6O12S/c1-15-40(6)50(45(68-13)37-46(63)62-25-19-22-44(62)51(69-14)41(7)52(65)58-43(54-57-24-35-75-54)36-42-20-17-16-18-21-42)61(12)55(67)48(38(2)3)59-53(66)49(39(4)5)60(11)26-28-71-30-32-73-34-33-72-31-29-70-27-23-47(64)74-56(8,9)10/h16-18,20-21,24,35,38-41,43-45,48-51H,15,19,22-23,25-34,36-37H2,1-14H3,(H,58,65)(H,59,66)/t40-,41+,43-,44-,45+,48-,49-,50?,51+/m0/s1. The van der Waals surface area contributed by atoms with Crippen LogP contribution < -0.4 is 10.6 Å². The second kappa shape index (κ2) is 33.9. The molecule has 1 aliphatic heterocycles. The molecule has 0 aliphatic carbocycles. The zero-order valence-corrected chi connectivity index (χ0v) is 48.6. The number of thiazole rings is 1. The molecule has 426 valence electrons. The van der Waals surface area contributed by atoms with Gasteiger partial charge in [-0.1, -0.05) is 85.2 Å². The van der Waals surface area contributed by atoms with E-state index in [1.165, 1.54) is 11.3 Å². The molecule has 4 amide bonds. The minimum absolute atomic E-state index is 0.0121. The molecule has 1 unspecified atom stereocenters. The van der Waals surface area contributed by atoms with Crippen molar-refractivity contribution in [2.45, 2.75) is 156 Å². The number of likely N-dealkylation sites (N-methyl/N-ethyl adjacent to an activating group) is 2. The lowest BCUT2D eigenvalue weighted by atomic mass is 9.89. The third-order valence-corrected chi connectivity index (χ3v) is 14.7. The zero-order valence-electron chi connectivity index (χ0n) is 47.8. The second-order valence-electron chi connectivity index (χ2n) is 21.4. The molecule has 1 saturated heterocycles. The number of aromatic nitrogens is 1. The van der Waals surface area contributed by atoms with Crippen molar-refractivity contribution in [1.82, 2.24) is 30.3 Å². The van der Waals surface area contributed by atoms with E-state index in [-0.39, 0.29) is 78.9 Å². The van der Waals surface area contributed by atoms with E-state index in [2.05, 4.69) is 22.5 Å². The van der Waals surface area contributed by atoms with E-state index in [0.29, 0.717) is 78.6 Å². The normalized spacial score (nSPS) is 17.3. The topological polar surface area (TPSA) is 197 Å². The Bertz CT molecular complexity index is 1960. The van der Waals surface area contributed by atoms with Gasteiger partial charge in [-0.25, -0.2) is 4.98 Å². The summed E-state index contributed by atoms with van der Waals surface area (Å²) in [4.78, 5) is 79.1. The lowest BCUT2D eigenvalue weighted by Gasteiger charge is -2.41. The Balaban J connectivity index is 1.56. The van der Waals surface area contributed by atoms with Crippen LogP contribution >= 0.6 is 11.3 Å². The number of benzene rings is 1. The molecule has 1 aromatic heterocycles. The Morgan fingerprint density at radius 3 is 1.96 bits per heavy atom. The van der Waals surface area contributed by atoms with Crippen LogP contribution in [0.3, 0.4) is 0 Å². The fourth-order valence-electron chi connectivity index (χ4n) is 9.71. The van der Waals surface area contributed by atoms with Crippen LogP contribution in [0.15, 0.2) is 41.9 Å². The summed E-state index contributed by atoms with van der Waals surface area (Å²) in [5.74, 6) is -2.08. The van der Waals surface area contributed by atoms with Gasteiger partial charge >= 0.3 is 5.97 Å². The summed E-state index contributed by atoms with van der Waals surface area (Å²) in [6.45, 7) is 23.2. The molecule has 0 spiro atoms. The molecule has 18 nitrogen and oxygen atoms in total. The Labute approximate surface area is 452 Å². The van der Waals surface area contributed by atoms with E-state index in [9.17, 15) is 24.0 Å². The number of nitrogens with zero attached hydrogens (tertiary/aromatic N) is 4. The van der Waals surface area contributed by atoms with Crippen LogP contribution in [-0.2, 0) is 63.6 Å². The van der Waals surface area contributed by atoms with Crippen molar-refractivity contribution in [3.8, 4) is 0 Å². The van der Waals surface area contributed by atoms with Gasteiger partial charge in [-0.3, -0.25) is 28.9 Å². The lowest BCUT2D eigenvalue weighted by Crippen LogP contribution is -2.60. The molecule has 2 N–H and O–H groups in total. The molecular formula is C56H94N6O12S. The Kier molecular flexibility index (Phi) is 29.5. The zero-order chi connectivity index (χ0) is 55.7. The summed E-state index contributed by atoms with van der Waals surface area (Å²) in [7, 11) is 6.78. The maximum absolute atomic E-state index is 14.7. The number of carbonyl (C=O) groups excluding carboxylic acids is 5. The van der Waals surface area contributed by atoms with Crippen LogP contribution in [-0.4, -0.2) is 186 Å². The molecule has 1 aliphatic rings. The van der Waals surface area contributed by atoms with Crippen molar-refractivity contribution in [1.29, 1.82) is 0 Å². The third-order valence-electron chi connectivity index (χ3n) is 13.8. The number of ether oxygens (including phenoxy) is 7. The number of esters is 1. The molecule has 3 rings (SSSR count). The van der Waals surface area contributed by atoms with E-state index in [0.717, 1.165) is 17.0 Å². The van der Waals surface area contributed by atoms with Crippen LogP contribution in [0.4, 0.5) is 0 Å². The largest absolute Gasteiger partial charge is 0.460 e. The minimum atomic E-state index is -0.841. The van der Waals surface area contributed by atoms with Gasteiger partial charge in [-0.2, -0.15) is 0 Å². The molecular weight excluding hydrogens is 981 g/mol. The van der Waals surface area contributed by atoms with E-state index >= 15 is 0 Å². The molecule has 0 saturated carbocycles. The quantitative estimate of drug-likeness (QED) is 0.0565. The third kappa shape index (κ3) is 22.1. The summed E-state index contributed by atoms with van der Waals surface area (Å²) in [6, 6.07) is 7.45. The van der Waals surface area contributed by atoms with Crippen molar-refractivity contribution >= 4 is 40.9 Å². The Morgan fingerprint density at radius 2 is 1.43 bits per heavy atom. The van der Waals surface area contributed by atoms with Gasteiger partial charge in [0.2, 0.25) is 23.6 Å². The molecule has 2 aromatic rings. The first-order chi connectivity index (χ1) is 35.6. The molecule has 0 radical (unpaired) electrons. The fraction of sp³-hybridized carbons (Fsp3) is 0.750. The van der Waals surface area contributed by atoms with Gasteiger partial charge in [-0.05, 0) is 70.4 Å². The van der Waals surface area contributed by atoms with E-state index in [1.807, 2.05) is 115 Å². The fourth-order valence-corrected chi connectivity index (χ4v) is 10.4. The van der Waals surface area contributed by atoms with Crippen molar-refractivity contribution < 1.29 is 57.1 Å². The number of nitrogens with one attached hydrogen (secondary N) is 2. The number of hydrogen-bond donors (Lipinski definition) is 2. The van der Waals surface area contributed by atoms with Gasteiger partial charge in [0, 0.05) is 45.9 Å². The first-order valence-electron chi connectivity index (χ1n) is 27.0. The summed E-state index contributed by atoms with van der Waals surface area (Å²) >= 11 is 1.50. The molecule has 75 heavy (non-hydrogen) atoms. The van der Waals surface area contributed by atoms with Crippen molar-refractivity contribution in [3.63, 3.8) is 0 Å². The number of methoxy groups -OCH3 is 2. The van der Waals surface area contributed by atoms with E-state index < -0.39 is 41.9 Å². The van der Waals surface area contributed by atoms with E-state index in [1.54, 1.807) is 32.4 Å². The maximum Gasteiger partial charge on any atom is 0.308 e. The number of likely N-dealkylation sites (tertiary alicyclic amines) is 1. The van der Waals surface area contributed by atoms with Crippen LogP contribution in [0.1, 0.15) is 118 Å². The predicted octanol–water partition coefficient (Wildman–Crippen LogP) is 6.36. The summed E-state index contributed by atoms with van der Waals surface area (Å²) in [5, 5.41) is 9.07. The molecule has 1 aromatic carbocycles. The summed E-state index contributed by atoms with van der Waals surface area (Å²) in [6.07, 6.45) is 3.44. The number of rotatable bonds is 36. The van der Waals surface area contributed by atoms with Crippen molar-refractivity contribution in [2.75, 3.05) is 94.3 Å². The molecule has 1 fully saturated rings. The van der Waals surface area contributed by atoms with Gasteiger partial charge in [0.25, 0.3) is 0 Å². The number of carbonyl (C=O) groups is 5. The lowest BCUT2D eigenvalue weighted by molar-refractivity contribution is -0.156. The average Bonchev–Trinajstić information content (AvgIpc) is 4.09. The smallest absolute Gasteiger partial charge is 0.308 e. The predicted molar refractivity (Wildman–Crippen MR) is 291 cm³/mol. The monoisotopic (exact) mass is 1070 g/mol. The van der Waals surface area contributed by atoms with Gasteiger partial charge in [-0.15, -0.1) is 11.3 Å². The number of hydrogen-bond acceptors (Lipinski definition) is 15. The van der Waals surface area contributed by atoms with E-state index in [4.69, 9.17) is 33.2 Å². The highest BCUT2D eigenvalue weighted by molar-refractivity contribution is 7.09. The molecule has 19 heteroatoms. The highest BCUT2D eigenvalue weighted by atomic mass is 32.1. The van der Waals surface area contributed by atoms with Gasteiger partial charge in [0.15, 0.2) is 0 Å². The van der Waals surface area contributed by atoms with Crippen molar-refractivity contribution in [3.05, 3.63) is 52.5 Å². The van der Waals surface area contributed by atoms with Crippen LogP contribution in [0.5, 0.6) is 0 Å². The highest BCUT2D eigenvalue weighted by Crippen LogP contribution is 2.31. The first-order valence-corrected chi connectivity index (χ1v) is 27.9. The van der Waals surface area contributed by atoms with Crippen molar-refractivity contribution in [2.24, 2.45) is 23.7 Å². The average molecular weight is 1080 g/mol. The molecule has 9 atom stereocenters. The summed E-state index contributed by atoms with van der Waals surface area (Å²) in [5.41, 5.74) is 0.566.